The number of benzene rings is 1. The summed E-state index contributed by atoms with van der Waals surface area (Å²) in [5.74, 6) is -0.312. The van der Waals surface area contributed by atoms with Crippen molar-refractivity contribution in [3.63, 3.8) is 0 Å². The van der Waals surface area contributed by atoms with Crippen molar-refractivity contribution in [3.8, 4) is 0 Å². The van der Waals surface area contributed by atoms with Crippen LogP contribution in [0.3, 0.4) is 0 Å². The van der Waals surface area contributed by atoms with Gasteiger partial charge in [0.1, 0.15) is 4.88 Å². The Morgan fingerprint density at radius 2 is 2.05 bits per heavy atom. The number of halogens is 1. The molecule has 0 spiro atoms. The number of anilines is 1. The van der Waals surface area contributed by atoms with Crippen LogP contribution >= 0.6 is 27.3 Å². The molecular weight excluding hydrogens is 352 g/mol. The Morgan fingerprint density at radius 3 is 2.63 bits per heavy atom. The molecule has 8 heteroatoms. The van der Waals surface area contributed by atoms with Gasteiger partial charge in [-0.25, -0.2) is 13.6 Å². The molecule has 0 bridgehead atoms. The fourth-order valence-electron chi connectivity index (χ4n) is 1.39. The van der Waals surface area contributed by atoms with E-state index in [4.69, 9.17) is 5.14 Å². The number of primary sulfonamides is 1. The minimum absolute atomic E-state index is 0.0458. The van der Waals surface area contributed by atoms with Crippen LogP contribution in [0.2, 0.25) is 0 Å². The van der Waals surface area contributed by atoms with Gasteiger partial charge in [-0.05, 0) is 45.6 Å². The Labute approximate surface area is 122 Å². The van der Waals surface area contributed by atoms with Gasteiger partial charge in [0.25, 0.3) is 5.91 Å². The predicted molar refractivity (Wildman–Crippen MR) is 77.8 cm³/mol. The predicted octanol–water partition coefficient (Wildman–Crippen LogP) is 2.41. The summed E-state index contributed by atoms with van der Waals surface area (Å²) in [5, 5.41) is 9.43. The quantitative estimate of drug-likeness (QED) is 0.880. The van der Waals surface area contributed by atoms with Gasteiger partial charge in [0.05, 0.1) is 4.90 Å². The van der Waals surface area contributed by atoms with Gasteiger partial charge in [0, 0.05) is 10.2 Å². The molecular formula is C11H9BrN2O3S2. The van der Waals surface area contributed by atoms with Gasteiger partial charge in [0.15, 0.2) is 0 Å². The first-order valence-corrected chi connectivity index (χ1v) is 8.27. The van der Waals surface area contributed by atoms with Crippen molar-refractivity contribution in [1.82, 2.24) is 0 Å². The van der Waals surface area contributed by atoms with E-state index in [-0.39, 0.29) is 10.8 Å². The number of carbonyl (C=O) groups is 1. The Hall–Kier alpha value is -1.22. The molecule has 0 aliphatic rings. The van der Waals surface area contributed by atoms with Crippen LogP contribution in [0.15, 0.2) is 45.1 Å². The van der Waals surface area contributed by atoms with Crippen LogP contribution in [0, 0.1) is 0 Å². The van der Waals surface area contributed by atoms with Crippen LogP contribution in [0.25, 0.3) is 0 Å². The van der Waals surface area contributed by atoms with E-state index < -0.39 is 10.0 Å². The monoisotopic (exact) mass is 360 g/mol. The summed E-state index contributed by atoms with van der Waals surface area (Å²) in [6, 6.07) is 7.55. The van der Waals surface area contributed by atoms with Crippen molar-refractivity contribution in [2.75, 3.05) is 5.32 Å². The van der Waals surface area contributed by atoms with E-state index in [0.717, 1.165) is 0 Å². The van der Waals surface area contributed by atoms with Gasteiger partial charge >= 0.3 is 0 Å². The summed E-state index contributed by atoms with van der Waals surface area (Å²) in [7, 11) is -3.78. The fraction of sp³-hybridized carbons (Fsp3) is 0. The van der Waals surface area contributed by atoms with Crippen LogP contribution < -0.4 is 10.5 Å². The zero-order valence-corrected chi connectivity index (χ0v) is 12.7. The number of amides is 1. The van der Waals surface area contributed by atoms with E-state index in [9.17, 15) is 13.2 Å². The van der Waals surface area contributed by atoms with Gasteiger partial charge in [-0.15, -0.1) is 11.3 Å². The van der Waals surface area contributed by atoms with Gasteiger partial charge in [-0.1, -0.05) is 6.07 Å². The number of rotatable bonds is 3. The molecule has 1 amide bonds. The zero-order valence-electron chi connectivity index (χ0n) is 9.46. The molecule has 0 saturated carbocycles. The van der Waals surface area contributed by atoms with Gasteiger partial charge in [-0.3, -0.25) is 4.79 Å². The Bertz CT molecular complexity index is 725. The lowest BCUT2D eigenvalue weighted by atomic mass is 10.3. The lowest BCUT2D eigenvalue weighted by Crippen LogP contribution is -2.14. The van der Waals surface area contributed by atoms with Crippen LogP contribution in [-0.2, 0) is 10.0 Å². The highest BCUT2D eigenvalue weighted by Gasteiger charge is 2.13. The number of carbonyl (C=O) groups excluding carboxylic acids is 1. The van der Waals surface area contributed by atoms with Crippen LogP contribution in [0.1, 0.15) is 9.67 Å². The highest BCUT2D eigenvalue weighted by molar-refractivity contribution is 9.10. The molecule has 1 aromatic heterocycles. The largest absolute Gasteiger partial charge is 0.321 e. The summed E-state index contributed by atoms with van der Waals surface area (Å²) < 4.78 is 23.1. The number of hydrogen-bond acceptors (Lipinski definition) is 4. The van der Waals surface area contributed by atoms with Crippen molar-refractivity contribution in [2.45, 2.75) is 4.90 Å². The summed E-state index contributed by atoms with van der Waals surface area (Å²) in [5.41, 5.74) is 0.372. The molecule has 19 heavy (non-hydrogen) atoms. The number of nitrogens with one attached hydrogen (secondary N) is 1. The van der Waals surface area contributed by atoms with Gasteiger partial charge in [-0.2, -0.15) is 0 Å². The SMILES string of the molecule is NS(=O)(=O)c1cccc(NC(=O)c2sccc2Br)c1. The summed E-state index contributed by atoms with van der Waals surface area (Å²) in [6.07, 6.45) is 0. The second-order valence-electron chi connectivity index (χ2n) is 3.62. The first-order chi connectivity index (χ1) is 8.88. The van der Waals surface area contributed by atoms with Gasteiger partial charge < -0.3 is 5.32 Å². The molecule has 1 aromatic carbocycles. The number of nitrogens with two attached hydrogens (primary N) is 1. The zero-order chi connectivity index (χ0) is 14.0. The molecule has 5 nitrogen and oxygen atoms in total. The standard InChI is InChI=1S/C11H9BrN2O3S2/c12-9-4-5-18-10(9)11(15)14-7-2-1-3-8(6-7)19(13,16)17/h1-6H,(H,14,15)(H2,13,16,17). The van der Waals surface area contributed by atoms with E-state index in [2.05, 4.69) is 21.2 Å². The maximum Gasteiger partial charge on any atom is 0.266 e. The molecule has 0 unspecified atom stereocenters. The van der Waals surface area contributed by atoms with Crippen LogP contribution in [0.4, 0.5) is 5.69 Å². The minimum atomic E-state index is -3.78. The second-order valence-corrected chi connectivity index (χ2v) is 6.96. The third-order valence-corrected chi connectivity index (χ3v) is 4.99. The lowest BCUT2D eigenvalue weighted by Gasteiger charge is -2.05. The van der Waals surface area contributed by atoms with Crippen molar-refractivity contribution in [3.05, 3.63) is 45.1 Å². The highest BCUT2D eigenvalue weighted by Crippen LogP contribution is 2.24. The Balaban J connectivity index is 2.25. The molecule has 0 saturated heterocycles. The normalized spacial score (nSPS) is 11.3. The molecule has 3 N–H and O–H groups in total. The minimum Gasteiger partial charge on any atom is -0.321 e. The van der Waals surface area contributed by atoms with Crippen molar-refractivity contribution in [2.24, 2.45) is 5.14 Å². The van der Waals surface area contributed by atoms with Crippen LogP contribution in [-0.4, -0.2) is 14.3 Å². The van der Waals surface area contributed by atoms with E-state index in [1.54, 1.807) is 17.5 Å². The number of thiophene rings is 1. The maximum atomic E-state index is 11.9. The first kappa shape index (κ1) is 14.2. The highest BCUT2D eigenvalue weighted by atomic mass is 79.9. The fourth-order valence-corrected chi connectivity index (χ4v) is 3.40. The molecule has 1 heterocycles. The van der Waals surface area contributed by atoms with E-state index in [1.807, 2.05) is 0 Å². The summed E-state index contributed by atoms with van der Waals surface area (Å²) in [6.45, 7) is 0. The maximum absolute atomic E-state index is 11.9. The number of sulfonamides is 1. The summed E-state index contributed by atoms with van der Waals surface area (Å²) >= 11 is 4.54. The van der Waals surface area contributed by atoms with Crippen molar-refractivity contribution >= 4 is 48.9 Å². The number of hydrogen-bond donors (Lipinski definition) is 2. The molecule has 0 radical (unpaired) electrons. The summed E-state index contributed by atoms with van der Waals surface area (Å²) in [4.78, 5) is 12.4. The molecule has 0 atom stereocenters. The van der Waals surface area contributed by atoms with E-state index in [1.165, 1.54) is 29.5 Å². The van der Waals surface area contributed by atoms with Crippen molar-refractivity contribution in [1.29, 1.82) is 0 Å². The van der Waals surface area contributed by atoms with Crippen LogP contribution in [0.5, 0.6) is 0 Å². The smallest absolute Gasteiger partial charge is 0.266 e. The average molecular weight is 361 g/mol. The molecule has 0 aliphatic carbocycles. The molecule has 0 aliphatic heterocycles. The molecule has 2 aromatic rings. The first-order valence-electron chi connectivity index (χ1n) is 5.05. The molecule has 2 rings (SSSR count). The Kier molecular flexibility index (Phi) is 4.04. The average Bonchev–Trinajstić information content (AvgIpc) is 2.75. The van der Waals surface area contributed by atoms with Crippen molar-refractivity contribution < 1.29 is 13.2 Å². The Morgan fingerprint density at radius 1 is 1.32 bits per heavy atom. The van der Waals surface area contributed by atoms with E-state index >= 15 is 0 Å². The third-order valence-electron chi connectivity index (χ3n) is 2.24. The molecule has 0 fully saturated rings. The lowest BCUT2D eigenvalue weighted by molar-refractivity contribution is 0.103. The molecule has 100 valence electrons. The topological polar surface area (TPSA) is 89.3 Å². The third kappa shape index (κ3) is 3.41. The van der Waals surface area contributed by atoms with Gasteiger partial charge in [0.2, 0.25) is 10.0 Å². The second kappa shape index (κ2) is 5.41. The van der Waals surface area contributed by atoms with E-state index in [0.29, 0.717) is 15.0 Å².